The predicted molar refractivity (Wildman–Crippen MR) is 131 cm³/mol. The lowest BCUT2D eigenvalue weighted by atomic mass is 10.1. The third-order valence-electron chi connectivity index (χ3n) is 4.72. The van der Waals surface area contributed by atoms with Gasteiger partial charge in [0, 0.05) is 22.3 Å². The Morgan fingerprint density at radius 1 is 1.09 bits per heavy atom. The van der Waals surface area contributed by atoms with E-state index in [1.807, 2.05) is 6.07 Å². The summed E-state index contributed by atoms with van der Waals surface area (Å²) >= 11 is 15.4. The summed E-state index contributed by atoms with van der Waals surface area (Å²) in [6.07, 6.45) is 1.68. The molecule has 33 heavy (non-hydrogen) atoms. The van der Waals surface area contributed by atoms with Crippen molar-refractivity contribution in [1.82, 2.24) is 9.78 Å². The van der Waals surface area contributed by atoms with Gasteiger partial charge in [0.1, 0.15) is 18.2 Å². The van der Waals surface area contributed by atoms with Gasteiger partial charge in [-0.25, -0.2) is 4.39 Å². The number of benzene rings is 3. The maximum absolute atomic E-state index is 13.9. The number of hydrogen-bond donors (Lipinski definition) is 1. The van der Waals surface area contributed by atoms with Crippen molar-refractivity contribution in [3.63, 3.8) is 0 Å². The van der Waals surface area contributed by atoms with E-state index in [0.717, 1.165) is 5.56 Å². The van der Waals surface area contributed by atoms with Crippen molar-refractivity contribution in [1.29, 1.82) is 0 Å². The van der Waals surface area contributed by atoms with Crippen molar-refractivity contribution in [2.45, 2.75) is 13.2 Å². The van der Waals surface area contributed by atoms with Gasteiger partial charge >= 0.3 is 0 Å². The fraction of sp³-hybridized carbons (Fsp3) is 0.0833. The molecule has 3 aromatic carbocycles. The van der Waals surface area contributed by atoms with E-state index in [4.69, 9.17) is 27.9 Å². The predicted octanol–water partition coefficient (Wildman–Crippen LogP) is 6.97. The molecule has 1 aromatic heterocycles. The molecular formula is C24H17BrCl2FN3O2. The van der Waals surface area contributed by atoms with Gasteiger partial charge in [-0.15, -0.1) is 0 Å². The average molecular weight is 549 g/mol. The van der Waals surface area contributed by atoms with E-state index in [0.29, 0.717) is 37.2 Å². The summed E-state index contributed by atoms with van der Waals surface area (Å²) in [5, 5.41) is 8.05. The first-order valence-electron chi connectivity index (χ1n) is 9.83. The molecule has 0 saturated carbocycles. The Morgan fingerprint density at radius 2 is 1.91 bits per heavy atom. The lowest BCUT2D eigenvalue weighted by Crippen LogP contribution is -2.13. The van der Waals surface area contributed by atoms with Gasteiger partial charge in [0.15, 0.2) is 5.82 Å². The molecule has 0 bridgehead atoms. The van der Waals surface area contributed by atoms with E-state index >= 15 is 0 Å². The molecule has 1 N–H and O–H groups in total. The quantitative estimate of drug-likeness (QED) is 0.271. The number of aromatic nitrogens is 2. The summed E-state index contributed by atoms with van der Waals surface area (Å²) in [4.78, 5) is 12.8. The molecule has 1 heterocycles. The summed E-state index contributed by atoms with van der Waals surface area (Å²) in [7, 11) is 0. The highest BCUT2D eigenvalue weighted by Crippen LogP contribution is 2.28. The minimum absolute atomic E-state index is 0.226. The smallest absolute Gasteiger partial charge is 0.256 e. The van der Waals surface area contributed by atoms with Gasteiger partial charge in [0.2, 0.25) is 0 Å². The highest BCUT2D eigenvalue weighted by molar-refractivity contribution is 9.10. The second-order valence-electron chi connectivity index (χ2n) is 7.13. The van der Waals surface area contributed by atoms with Crippen LogP contribution in [0.1, 0.15) is 21.5 Å². The average Bonchev–Trinajstić information content (AvgIpc) is 3.13. The van der Waals surface area contributed by atoms with Gasteiger partial charge in [-0.05, 0) is 57.9 Å². The highest BCUT2D eigenvalue weighted by Gasteiger charge is 2.14. The normalized spacial score (nSPS) is 10.8. The SMILES string of the molecule is O=C(Nc1nn(Cc2ccccc2F)cc1Br)c1cccc(COc2ccc(Cl)cc2Cl)c1. The van der Waals surface area contributed by atoms with Gasteiger partial charge in [0.05, 0.1) is 16.0 Å². The highest BCUT2D eigenvalue weighted by atomic mass is 79.9. The van der Waals surface area contributed by atoms with Crippen molar-refractivity contribution in [2.75, 3.05) is 5.32 Å². The molecule has 0 unspecified atom stereocenters. The van der Waals surface area contributed by atoms with E-state index in [9.17, 15) is 9.18 Å². The van der Waals surface area contributed by atoms with Crippen LogP contribution < -0.4 is 10.1 Å². The summed E-state index contributed by atoms with van der Waals surface area (Å²) in [6, 6.07) is 18.5. The Hall–Kier alpha value is -2.87. The lowest BCUT2D eigenvalue weighted by Gasteiger charge is -2.09. The Bertz CT molecular complexity index is 1310. The van der Waals surface area contributed by atoms with Crippen LogP contribution in [-0.4, -0.2) is 15.7 Å². The second-order valence-corrected chi connectivity index (χ2v) is 8.83. The molecule has 4 rings (SSSR count). The van der Waals surface area contributed by atoms with Crippen LogP contribution in [0.2, 0.25) is 10.0 Å². The topological polar surface area (TPSA) is 56.2 Å². The number of rotatable bonds is 7. The molecule has 1 amide bonds. The molecule has 0 fully saturated rings. The molecule has 5 nitrogen and oxygen atoms in total. The first-order valence-corrected chi connectivity index (χ1v) is 11.4. The largest absolute Gasteiger partial charge is 0.487 e. The monoisotopic (exact) mass is 547 g/mol. The van der Waals surface area contributed by atoms with Crippen molar-refractivity contribution in [3.05, 3.63) is 110 Å². The minimum Gasteiger partial charge on any atom is -0.487 e. The van der Waals surface area contributed by atoms with E-state index in [-0.39, 0.29) is 24.9 Å². The number of hydrogen-bond acceptors (Lipinski definition) is 3. The van der Waals surface area contributed by atoms with E-state index < -0.39 is 0 Å². The number of nitrogens with one attached hydrogen (secondary N) is 1. The standard InChI is InChI=1S/C24H17BrCl2FN3O2/c25-19-13-31(12-17-5-1-2-7-21(17)28)30-23(19)29-24(32)16-6-3-4-15(10-16)14-33-22-9-8-18(26)11-20(22)27/h1-11,13H,12,14H2,(H,29,30,32). The Morgan fingerprint density at radius 3 is 2.70 bits per heavy atom. The Labute approximate surface area is 208 Å². The fourth-order valence-corrected chi connectivity index (χ4v) is 3.98. The number of nitrogens with zero attached hydrogens (tertiary/aromatic N) is 2. The van der Waals surface area contributed by atoms with Crippen molar-refractivity contribution in [2.24, 2.45) is 0 Å². The molecule has 0 aliphatic heterocycles. The molecule has 0 atom stereocenters. The Balaban J connectivity index is 1.42. The van der Waals surface area contributed by atoms with Gasteiger partial charge in [-0.2, -0.15) is 5.10 Å². The van der Waals surface area contributed by atoms with Crippen LogP contribution in [0.25, 0.3) is 0 Å². The molecule has 0 aliphatic carbocycles. The van der Waals surface area contributed by atoms with Crippen LogP contribution in [0.15, 0.2) is 77.4 Å². The third kappa shape index (κ3) is 5.93. The fourth-order valence-electron chi connectivity index (χ4n) is 3.10. The summed E-state index contributed by atoms with van der Waals surface area (Å²) in [5.41, 5.74) is 1.73. The van der Waals surface area contributed by atoms with Gasteiger partial charge in [-0.3, -0.25) is 9.48 Å². The van der Waals surface area contributed by atoms with Crippen LogP contribution in [0.4, 0.5) is 10.2 Å². The molecule has 0 aliphatic rings. The number of anilines is 1. The van der Waals surface area contributed by atoms with Crippen LogP contribution >= 0.6 is 39.1 Å². The zero-order chi connectivity index (χ0) is 23.4. The number of carbonyl (C=O) groups is 1. The number of amides is 1. The molecule has 0 spiro atoms. The van der Waals surface area contributed by atoms with Gasteiger partial charge < -0.3 is 10.1 Å². The summed E-state index contributed by atoms with van der Waals surface area (Å²) < 4.78 is 21.8. The van der Waals surface area contributed by atoms with Crippen molar-refractivity contribution in [3.8, 4) is 5.75 Å². The molecule has 9 heteroatoms. The lowest BCUT2D eigenvalue weighted by molar-refractivity contribution is 0.102. The molecule has 4 aromatic rings. The van der Waals surface area contributed by atoms with Crippen molar-refractivity contribution >= 4 is 50.9 Å². The van der Waals surface area contributed by atoms with Crippen LogP contribution in [0, 0.1) is 5.82 Å². The summed E-state index contributed by atoms with van der Waals surface area (Å²) in [6.45, 7) is 0.463. The van der Waals surface area contributed by atoms with E-state index in [2.05, 4.69) is 26.3 Å². The number of carbonyl (C=O) groups excluding carboxylic acids is 1. The zero-order valence-electron chi connectivity index (χ0n) is 17.1. The minimum atomic E-state index is -0.335. The van der Waals surface area contributed by atoms with E-state index in [1.165, 1.54) is 6.07 Å². The van der Waals surface area contributed by atoms with Gasteiger partial charge in [-0.1, -0.05) is 53.5 Å². The van der Waals surface area contributed by atoms with Crippen LogP contribution in [0.3, 0.4) is 0 Å². The maximum Gasteiger partial charge on any atom is 0.256 e. The first-order chi connectivity index (χ1) is 15.9. The zero-order valence-corrected chi connectivity index (χ0v) is 20.2. The molecule has 168 valence electrons. The first kappa shape index (κ1) is 23.3. The van der Waals surface area contributed by atoms with Gasteiger partial charge in [0.25, 0.3) is 5.91 Å². The second kappa shape index (κ2) is 10.4. The van der Waals surface area contributed by atoms with Crippen LogP contribution in [-0.2, 0) is 13.2 Å². The summed E-state index contributed by atoms with van der Waals surface area (Å²) in [5.74, 6) is 0.193. The third-order valence-corrected chi connectivity index (χ3v) is 5.83. The number of ether oxygens (including phenoxy) is 1. The van der Waals surface area contributed by atoms with Crippen LogP contribution in [0.5, 0.6) is 5.75 Å². The van der Waals surface area contributed by atoms with E-state index in [1.54, 1.807) is 65.5 Å². The molecule has 0 radical (unpaired) electrons. The molecular weight excluding hydrogens is 532 g/mol. The van der Waals surface area contributed by atoms with Crippen molar-refractivity contribution < 1.29 is 13.9 Å². The Kier molecular flexibility index (Phi) is 7.33. The number of halogens is 4. The molecule has 0 saturated heterocycles. The maximum atomic E-state index is 13.9.